The number of hydrogen-bond donors (Lipinski definition) is 1. The summed E-state index contributed by atoms with van der Waals surface area (Å²) in [6.07, 6.45) is 1.48. The zero-order valence-electron chi connectivity index (χ0n) is 11.4. The number of hydrogen-bond acceptors (Lipinski definition) is 5. The zero-order valence-corrected chi connectivity index (χ0v) is 11.4. The quantitative estimate of drug-likeness (QED) is 0.809. The van der Waals surface area contributed by atoms with Crippen molar-refractivity contribution in [1.29, 1.82) is 5.26 Å². The van der Waals surface area contributed by atoms with Gasteiger partial charge in [-0.15, -0.1) is 0 Å². The Bertz CT molecular complexity index is 453. The summed E-state index contributed by atoms with van der Waals surface area (Å²) in [7, 11) is 3.37. The summed E-state index contributed by atoms with van der Waals surface area (Å²) in [5, 5.41) is 11.5. The van der Waals surface area contributed by atoms with E-state index in [1.807, 2.05) is 13.0 Å². The minimum absolute atomic E-state index is 0.0279. The molecule has 0 saturated heterocycles. The number of rotatable bonds is 6. The average molecular weight is 262 g/mol. The third-order valence-corrected chi connectivity index (χ3v) is 2.47. The molecule has 0 aromatic carbocycles. The predicted molar refractivity (Wildman–Crippen MR) is 71.7 cm³/mol. The summed E-state index contributed by atoms with van der Waals surface area (Å²) in [5.74, 6) is 0.548. The summed E-state index contributed by atoms with van der Waals surface area (Å²) < 4.78 is 4.95. The first-order valence-corrected chi connectivity index (χ1v) is 5.92. The van der Waals surface area contributed by atoms with Gasteiger partial charge in [-0.1, -0.05) is 0 Å². The molecule has 1 atom stereocenters. The number of aromatic nitrogens is 1. The highest BCUT2D eigenvalue weighted by Gasteiger charge is 2.11. The molecule has 0 bridgehead atoms. The van der Waals surface area contributed by atoms with Gasteiger partial charge < -0.3 is 15.0 Å². The number of nitrogens with zero attached hydrogens (tertiary/aromatic N) is 3. The Balaban J connectivity index is 2.51. The molecule has 6 heteroatoms. The Morgan fingerprint density at radius 2 is 2.37 bits per heavy atom. The SMILES string of the molecule is COC[C@@H](C)NC(=O)CN(C)c1ccc(C#N)cn1. The molecule has 1 heterocycles. The van der Waals surface area contributed by atoms with Crippen LogP contribution in [0.2, 0.25) is 0 Å². The number of methoxy groups -OCH3 is 1. The molecular weight excluding hydrogens is 244 g/mol. The minimum atomic E-state index is -0.0989. The van der Waals surface area contributed by atoms with Gasteiger partial charge >= 0.3 is 0 Å². The van der Waals surface area contributed by atoms with Gasteiger partial charge in [0.1, 0.15) is 11.9 Å². The van der Waals surface area contributed by atoms with Gasteiger partial charge in [-0.2, -0.15) is 5.26 Å². The maximum Gasteiger partial charge on any atom is 0.239 e. The molecule has 0 unspecified atom stereocenters. The molecule has 1 rings (SSSR count). The molecule has 0 fully saturated rings. The maximum absolute atomic E-state index is 11.7. The highest BCUT2D eigenvalue weighted by Crippen LogP contribution is 2.08. The van der Waals surface area contributed by atoms with Crippen molar-refractivity contribution in [2.75, 3.05) is 32.2 Å². The molecule has 0 aliphatic rings. The Morgan fingerprint density at radius 3 is 2.89 bits per heavy atom. The van der Waals surface area contributed by atoms with Gasteiger partial charge in [0.25, 0.3) is 0 Å². The van der Waals surface area contributed by atoms with E-state index < -0.39 is 0 Å². The van der Waals surface area contributed by atoms with E-state index in [1.165, 1.54) is 6.20 Å². The number of carbonyl (C=O) groups is 1. The first-order chi connectivity index (χ1) is 9.06. The lowest BCUT2D eigenvalue weighted by molar-refractivity contribution is -0.120. The van der Waals surface area contributed by atoms with Crippen molar-refractivity contribution in [2.45, 2.75) is 13.0 Å². The monoisotopic (exact) mass is 262 g/mol. The topological polar surface area (TPSA) is 78.2 Å². The number of pyridine rings is 1. The van der Waals surface area contributed by atoms with Crippen LogP contribution in [0, 0.1) is 11.3 Å². The molecule has 1 N–H and O–H groups in total. The first-order valence-electron chi connectivity index (χ1n) is 5.92. The van der Waals surface area contributed by atoms with E-state index in [9.17, 15) is 4.79 Å². The lowest BCUT2D eigenvalue weighted by Crippen LogP contribution is -2.41. The van der Waals surface area contributed by atoms with Gasteiger partial charge in [-0.3, -0.25) is 4.79 Å². The second kappa shape index (κ2) is 7.34. The fourth-order valence-corrected chi connectivity index (χ4v) is 1.59. The largest absolute Gasteiger partial charge is 0.383 e. The zero-order chi connectivity index (χ0) is 14.3. The predicted octanol–water partition coefficient (Wildman–Crippen LogP) is 0.541. The molecule has 19 heavy (non-hydrogen) atoms. The van der Waals surface area contributed by atoms with E-state index in [-0.39, 0.29) is 18.5 Å². The number of amides is 1. The van der Waals surface area contributed by atoms with Crippen LogP contribution in [0.3, 0.4) is 0 Å². The van der Waals surface area contributed by atoms with Gasteiger partial charge in [0.15, 0.2) is 0 Å². The van der Waals surface area contributed by atoms with Crippen molar-refractivity contribution in [3.8, 4) is 6.07 Å². The van der Waals surface area contributed by atoms with Crippen LogP contribution in [0.25, 0.3) is 0 Å². The third kappa shape index (κ3) is 4.94. The van der Waals surface area contributed by atoms with Gasteiger partial charge in [-0.05, 0) is 19.1 Å². The smallest absolute Gasteiger partial charge is 0.239 e. The van der Waals surface area contributed by atoms with Crippen LogP contribution in [-0.2, 0) is 9.53 Å². The Hall–Kier alpha value is -2.13. The molecule has 1 aromatic rings. The van der Waals surface area contributed by atoms with Crippen LogP contribution in [-0.4, -0.2) is 44.2 Å². The van der Waals surface area contributed by atoms with Crippen LogP contribution in [0.4, 0.5) is 5.82 Å². The Kier molecular flexibility index (Phi) is 5.76. The highest BCUT2D eigenvalue weighted by atomic mass is 16.5. The summed E-state index contributed by atoms with van der Waals surface area (Å²) >= 11 is 0. The van der Waals surface area contributed by atoms with Gasteiger partial charge in [0, 0.05) is 26.4 Å². The molecule has 1 amide bonds. The normalized spacial score (nSPS) is 11.5. The average Bonchev–Trinajstić information content (AvgIpc) is 2.38. The molecule has 1 aromatic heterocycles. The van der Waals surface area contributed by atoms with Crippen molar-refractivity contribution in [1.82, 2.24) is 10.3 Å². The molecule has 0 saturated carbocycles. The molecular formula is C13H18N4O2. The van der Waals surface area contributed by atoms with E-state index in [2.05, 4.69) is 10.3 Å². The van der Waals surface area contributed by atoms with Gasteiger partial charge in [0.2, 0.25) is 5.91 Å². The number of nitriles is 1. The van der Waals surface area contributed by atoms with E-state index in [0.29, 0.717) is 18.0 Å². The second-order valence-electron chi connectivity index (χ2n) is 4.30. The second-order valence-corrected chi connectivity index (χ2v) is 4.30. The summed E-state index contributed by atoms with van der Waals surface area (Å²) in [6, 6.07) is 5.36. The van der Waals surface area contributed by atoms with Crippen LogP contribution >= 0.6 is 0 Å². The lowest BCUT2D eigenvalue weighted by Gasteiger charge is -2.19. The fourth-order valence-electron chi connectivity index (χ4n) is 1.59. The Labute approximate surface area is 113 Å². The number of likely N-dealkylation sites (N-methyl/N-ethyl adjacent to an activating group) is 1. The van der Waals surface area contributed by atoms with E-state index in [1.54, 1.807) is 31.2 Å². The lowest BCUT2D eigenvalue weighted by atomic mass is 10.3. The number of carbonyl (C=O) groups excluding carboxylic acids is 1. The fraction of sp³-hybridized carbons (Fsp3) is 0.462. The molecule has 0 radical (unpaired) electrons. The third-order valence-electron chi connectivity index (χ3n) is 2.47. The molecule has 0 aliphatic carbocycles. The molecule has 0 spiro atoms. The highest BCUT2D eigenvalue weighted by molar-refractivity contribution is 5.81. The van der Waals surface area contributed by atoms with Gasteiger partial charge in [-0.25, -0.2) is 4.98 Å². The van der Waals surface area contributed by atoms with E-state index in [4.69, 9.17) is 10.00 Å². The van der Waals surface area contributed by atoms with Crippen molar-refractivity contribution in [3.05, 3.63) is 23.9 Å². The van der Waals surface area contributed by atoms with Crippen molar-refractivity contribution >= 4 is 11.7 Å². The van der Waals surface area contributed by atoms with Crippen LogP contribution in [0.1, 0.15) is 12.5 Å². The Morgan fingerprint density at radius 1 is 1.63 bits per heavy atom. The summed E-state index contributed by atoms with van der Waals surface area (Å²) in [6.45, 7) is 2.55. The van der Waals surface area contributed by atoms with Crippen molar-refractivity contribution in [3.63, 3.8) is 0 Å². The van der Waals surface area contributed by atoms with Crippen LogP contribution < -0.4 is 10.2 Å². The molecule has 0 aliphatic heterocycles. The van der Waals surface area contributed by atoms with Gasteiger partial charge in [0.05, 0.1) is 18.7 Å². The first kappa shape index (κ1) is 14.9. The summed E-state index contributed by atoms with van der Waals surface area (Å²) in [4.78, 5) is 17.6. The van der Waals surface area contributed by atoms with Crippen molar-refractivity contribution in [2.24, 2.45) is 0 Å². The van der Waals surface area contributed by atoms with E-state index >= 15 is 0 Å². The number of ether oxygens (including phenoxy) is 1. The molecule has 6 nitrogen and oxygen atoms in total. The standard InChI is InChI=1S/C13H18N4O2/c1-10(9-19-3)16-13(18)8-17(2)12-5-4-11(6-14)7-15-12/h4-5,7,10H,8-9H2,1-3H3,(H,16,18)/t10-/m1/s1. The maximum atomic E-state index is 11.7. The van der Waals surface area contributed by atoms with Crippen LogP contribution in [0.15, 0.2) is 18.3 Å². The number of anilines is 1. The minimum Gasteiger partial charge on any atom is -0.383 e. The number of nitrogens with one attached hydrogen (secondary N) is 1. The summed E-state index contributed by atoms with van der Waals surface area (Å²) in [5.41, 5.74) is 0.496. The van der Waals surface area contributed by atoms with Crippen LogP contribution in [0.5, 0.6) is 0 Å². The van der Waals surface area contributed by atoms with Crippen molar-refractivity contribution < 1.29 is 9.53 Å². The molecule has 102 valence electrons. The van der Waals surface area contributed by atoms with E-state index in [0.717, 1.165) is 0 Å².